The van der Waals surface area contributed by atoms with Gasteiger partial charge < -0.3 is 15.1 Å². The lowest BCUT2D eigenvalue weighted by Gasteiger charge is -2.39. The summed E-state index contributed by atoms with van der Waals surface area (Å²) in [6.07, 6.45) is 2.59. The van der Waals surface area contributed by atoms with Gasteiger partial charge in [-0.2, -0.15) is 5.26 Å². The molecule has 4 heteroatoms. The highest BCUT2D eigenvalue weighted by Gasteiger charge is 2.23. The van der Waals surface area contributed by atoms with Crippen LogP contribution in [-0.2, 0) is 6.54 Å². The highest BCUT2D eigenvalue weighted by Crippen LogP contribution is 2.25. The van der Waals surface area contributed by atoms with Crippen molar-refractivity contribution in [1.82, 2.24) is 10.2 Å². The second-order valence-corrected chi connectivity index (χ2v) is 6.39. The first-order chi connectivity index (χ1) is 10.2. The molecule has 2 fully saturated rings. The number of hydrogen-bond acceptors (Lipinski definition) is 4. The maximum absolute atomic E-state index is 9.47. The van der Waals surface area contributed by atoms with Gasteiger partial charge >= 0.3 is 0 Å². The van der Waals surface area contributed by atoms with E-state index in [0.29, 0.717) is 12.1 Å². The van der Waals surface area contributed by atoms with Crippen LogP contribution in [0.3, 0.4) is 0 Å². The average Bonchev–Trinajstić information content (AvgIpc) is 3.32. The standard InChI is InChI=1S/C17H24N4/c1-13-12-21(8-7-20(13)2)17-6-3-14(9-15(17)10-18)11-19-16-4-5-16/h3,6,9,13,16,19H,4-5,7-8,11-12H2,1-2H3. The molecule has 1 atom stereocenters. The highest BCUT2D eigenvalue weighted by atomic mass is 15.3. The predicted octanol–water partition coefficient (Wildman–Crippen LogP) is 1.95. The molecule has 1 heterocycles. The van der Waals surface area contributed by atoms with E-state index in [1.54, 1.807) is 0 Å². The lowest BCUT2D eigenvalue weighted by atomic mass is 10.1. The minimum absolute atomic E-state index is 0.529. The molecule has 3 rings (SSSR count). The molecule has 1 saturated heterocycles. The van der Waals surface area contributed by atoms with E-state index in [4.69, 9.17) is 0 Å². The first-order valence-corrected chi connectivity index (χ1v) is 7.89. The summed E-state index contributed by atoms with van der Waals surface area (Å²) in [5.41, 5.74) is 3.11. The number of hydrogen-bond donors (Lipinski definition) is 1. The normalized spacial score (nSPS) is 23.1. The maximum atomic E-state index is 9.47. The van der Waals surface area contributed by atoms with Crippen LogP contribution in [0.4, 0.5) is 5.69 Å². The zero-order valence-electron chi connectivity index (χ0n) is 13.0. The molecule has 1 aromatic rings. The molecule has 1 aliphatic carbocycles. The fourth-order valence-electron chi connectivity index (χ4n) is 2.88. The molecule has 1 saturated carbocycles. The molecule has 21 heavy (non-hydrogen) atoms. The van der Waals surface area contributed by atoms with Gasteiger partial charge in [-0.3, -0.25) is 0 Å². The van der Waals surface area contributed by atoms with Crippen molar-refractivity contribution in [1.29, 1.82) is 5.26 Å². The van der Waals surface area contributed by atoms with E-state index in [2.05, 4.69) is 47.3 Å². The molecular weight excluding hydrogens is 260 g/mol. The molecule has 112 valence electrons. The van der Waals surface area contributed by atoms with Crippen LogP contribution in [-0.4, -0.2) is 43.7 Å². The molecule has 0 radical (unpaired) electrons. The summed E-state index contributed by atoms with van der Waals surface area (Å²) in [5.74, 6) is 0. The highest BCUT2D eigenvalue weighted by molar-refractivity contribution is 5.61. The van der Waals surface area contributed by atoms with Gasteiger partial charge in [0.05, 0.1) is 11.3 Å². The topological polar surface area (TPSA) is 42.3 Å². The number of anilines is 1. The van der Waals surface area contributed by atoms with E-state index >= 15 is 0 Å². The Morgan fingerprint density at radius 2 is 2.14 bits per heavy atom. The Labute approximate surface area is 127 Å². The third-order valence-corrected chi connectivity index (χ3v) is 4.65. The number of likely N-dealkylation sites (N-methyl/N-ethyl adjacent to an activating group) is 1. The van der Waals surface area contributed by atoms with Gasteiger partial charge in [0, 0.05) is 38.3 Å². The first kappa shape index (κ1) is 14.4. The second kappa shape index (κ2) is 6.05. The Balaban J connectivity index is 1.73. The maximum Gasteiger partial charge on any atom is 0.101 e. The van der Waals surface area contributed by atoms with Crippen LogP contribution in [0, 0.1) is 11.3 Å². The van der Waals surface area contributed by atoms with Crippen molar-refractivity contribution >= 4 is 5.69 Å². The molecule has 0 bridgehead atoms. The number of nitrogens with one attached hydrogen (secondary N) is 1. The fraction of sp³-hybridized carbons (Fsp3) is 0.588. The summed E-state index contributed by atoms with van der Waals surface area (Å²) >= 11 is 0. The van der Waals surface area contributed by atoms with Crippen LogP contribution < -0.4 is 10.2 Å². The molecule has 1 aromatic carbocycles. The molecular formula is C17H24N4. The Bertz CT molecular complexity index is 544. The van der Waals surface area contributed by atoms with Gasteiger partial charge in [0.25, 0.3) is 0 Å². The molecule has 0 amide bonds. The van der Waals surface area contributed by atoms with Crippen molar-refractivity contribution in [2.24, 2.45) is 0 Å². The minimum atomic E-state index is 0.529. The number of rotatable bonds is 4. The van der Waals surface area contributed by atoms with Gasteiger partial charge in [-0.05, 0) is 44.5 Å². The lowest BCUT2D eigenvalue weighted by molar-refractivity contribution is 0.234. The molecule has 0 spiro atoms. The van der Waals surface area contributed by atoms with Gasteiger partial charge in [-0.15, -0.1) is 0 Å². The first-order valence-electron chi connectivity index (χ1n) is 7.89. The third kappa shape index (κ3) is 3.37. The smallest absolute Gasteiger partial charge is 0.101 e. The van der Waals surface area contributed by atoms with Crippen molar-refractivity contribution in [3.05, 3.63) is 29.3 Å². The van der Waals surface area contributed by atoms with Crippen molar-refractivity contribution in [3.63, 3.8) is 0 Å². The minimum Gasteiger partial charge on any atom is -0.368 e. The van der Waals surface area contributed by atoms with E-state index in [0.717, 1.165) is 37.4 Å². The van der Waals surface area contributed by atoms with Gasteiger partial charge in [0.2, 0.25) is 0 Å². The van der Waals surface area contributed by atoms with Gasteiger partial charge in [-0.1, -0.05) is 6.07 Å². The molecule has 0 aromatic heterocycles. The van der Waals surface area contributed by atoms with Gasteiger partial charge in [-0.25, -0.2) is 0 Å². The molecule has 4 nitrogen and oxygen atoms in total. The number of benzene rings is 1. The van der Waals surface area contributed by atoms with Crippen LogP contribution in [0.15, 0.2) is 18.2 Å². The molecule has 1 unspecified atom stereocenters. The number of nitriles is 1. The van der Waals surface area contributed by atoms with E-state index in [-0.39, 0.29) is 0 Å². The zero-order valence-corrected chi connectivity index (χ0v) is 13.0. The summed E-state index contributed by atoms with van der Waals surface area (Å²) in [4.78, 5) is 4.72. The van der Waals surface area contributed by atoms with Crippen molar-refractivity contribution in [2.45, 2.75) is 38.4 Å². The fourth-order valence-corrected chi connectivity index (χ4v) is 2.88. The second-order valence-electron chi connectivity index (χ2n) is 6.39. The van der Waals surface area contributed by atoms with E-state index < -0.39 is 0 Å². The van der Waals surface area contributed by atoms with Crippen LogP contribution in [0.2, 0.25) is 0 Å². The predicted molar refractivity (Wildman–Crippen MR) is 85.3 cm³/mol. The Morgan fingerprint density at radius 1 is 1.33 bits per heavy atom. The van der Waals surface area contributed by atoms with E-state index in [1.807, 2.05) is 6.07 Å². The number of piperazine rings is 1. The van der Waals surface area contributed by atoms with Crippen molar-refractivity contribution in [2.75, 3.05) is 31.6 Å². The summed E-state index contributed by atoms with van der Waals surface area (Å²) in [5, 5.41) is 13.0. The van der Waals surface area contributed by atoms with Gasteiger partial charge in [0.1, 0.15) is 6.07 Å². The largest absolute Gasteiger partial charge is 0.368 e. The SMILES string of the molecule is CC1CN(c2ccc(CNC3CC3)cc2C#N)CCN1C. The van der Waals surface area contributed by atoms with Crippen LogP contribution >= 0.6 is 0 Å². The van der Waals surface area contributed by atoms with Crippen molar-refractivity contribution < 1.29 is 0 Å². The summed E-state index contributed by atoms with van der Waals surface area (Å²) in [6, 6.07) is 9.95. The Morgan fingerprint density at radius 3 is 2.81 bits per heavy atom. The third-order valence-electron chi connectivity index (χ3n) is 4.65. The monoisotopic (exact) mass is 284 g/mol. The van der Waals surface area contributed by atoms with Crippen molar-refractivity contribution in [3.8, 4) is 6.07 Å². The van der Waals surface area contributed by atoms with E-state index in [1.165, 1.54) is 18.4 Å². The van der Waals surface area contributed by atoms with E-state index in [9.17, 15) is 5.26 Å². The number of nitrogens with zero attached hydrogens (tertiary/aromatic N) is 3. The summed E-state index contributed by atoms with van der Waals surface area (Å²) in [6.45, 7) is 6.15. The Kier molecular flexibility index (Phi) is 4.14. The van der Waals surface area contributed by atoms with Crippen LogP contribution in [0.25, 0.3) is 0 Å². The molecule has 1 N–H and O–H groups in total. The quantitative estimate of drug-likeness (QED) is 0.917. The molecule has 2 aliphatic rings. The van der Waals surface area contributed by atoms with Crippen LogP contribution in [0.1, 0.15) is 30.9 Å². The average molecular weight is 284 g/mol. The zero-order chi connectivity index (χ0) is 14.8. The summed E-state index contributed by atoms with van der Waals surface area (Å²) < 4.78 is 0. The lowest BCUT2D eigenvalue weighted by Crippen LogP contribution is -2.50. The Hall–Kier alpha value is -1.57. The van der Waals surface area contributed by atoms with Crippen LogP contribution in [0.5, 0.6) is 0 Å². The summed E-state index contributed by atoms with van der Waals surface area (Å²) in [7, 11) is 2.17. The van der Waals surface area contributed by atoms with Gasteiger partial charge in [0.15, 0.2) is 0 Å². The molecule has 1 aliphatic heterocycles.